The first-order valence-corrected chi connectivity index (χ1v) is 9.03. The van der Waals surface area contributed by atoms with Gasteiger partial charge in [-0.05, 0) is 38.5 Å². The summed E-state index contributed by atoms with van der Waals surface area (Å²) in [6.07, 6.45) is -0.628. The summed E-state index contributed by atoms with van der Waals surface area (Å²) in [4.78, 5) is 9.90. The van der Waals surface area contributed by atoms with Crippen LogP contribution in [-0.2, 0) is 9.09 Å². The number of halogens is 1. The standard InChI is InChI=1S/C14H19FN3O4P/c1-9-7-16(9)23(21,17-8-10(17)2)22-11(3)12-4-5-14(18(19)20)13(15)6-12/h4-6,9-11H,7-8H2,1-3H3/t9?,10?,11-,16?,17?,23?/m0/s1. The van der Waals surface area contributed by atoms with E-state index in [1.54, 1.807) is 6.92 Å². The molecular weight excluding hydrogens is 324 g/mol. The van der Waals surface area contributed by atoms with Crippen molar-refractivity contribution < 1.29 is 18.4 Å². The minimum absolute atomic E-state index is 0.203. The third kappa shape index (κ3) is 3.04. The fourth-order valence-electron chi connectivity index (χ4n) is 2.61. The summed E-state index contributed by atoms with van der Waals surface area (Å²) in [5.41, 5.74) is -0.152. The van der Waals surface area contributed by atoms with E-state index in [-0.39, 0.29) is 12.1 Å². The van der Waals surface area contributed by atoms with Crippen molar-refractivity contribution in [3.8, 4) is 0 Å². The molecule has 3 rings (SSSR count). The van der Waals surface area contributed by atoms with Crippen LogP contribution in [0.2, 0.25) is 0 Å². The molecule has 126 valence electrons. The van der Waals surface area contributed by atoms with Crippen molar-refractivity contribution in [1.29, 1.82) is 0 Å². The molecular formula is C14H19FN3O4P. The Balaban J connectivity index is 1.80. The van der Waals surface area contributed by atoms with Gasteiger partial charge in [-0.3, -0.25) is 19.2 Å². The second kappa shape index (κ2) is 5.63. The highest BCUT2D eigenvalue weighted by Gasteiger charge is 2.57. The van der Waals surface area contributed by atoms with E-state index in [9.17, 15) is 19.1 Å². The summed E-state index contributed by atoms with van der Waals surface area (Å²) in [6.45, 7) is 7.04. The molecule has 0 aliphatic carbocycles. The smallest absolute Gasteiger partial charge is 0.298 e. The summed E-state index contributed by atoms with van der Waals surface area (Å²) in [5, 5.41) is 10.7. The average molecular weight is 343 g/mol. The molecule has 0 saturated carbocycles. The van der Waals surface area contributed by atoms with E-state index in [0.717, 1.165) is 12.1 Å². The van der Waals surface area contributed by atoms with Crippen molar-refractivity contribution in [2.45, 2.75) is 39.0 Å². The zero-order chi connectivity index (χ0) is 16.9. The van der Waals surface area contributed by atoms with Crippen LogP contribution in [0.5, 0.6) is 0 Å². The van der Waals surface area contributed by atoms with Crippen LogP contribution in [0.25, 0.3) is 0 Å². The van der Waals surface area contributed by atoms with E-state index in [0.29, 0.717) is 18.7 Å². The lowest BCUT2D eigenvalue weighted by molar-refractivity contribution is -0.387. The molecule has 2 saturated heterocycles. The molecule has 4 unspecified atom stereocenters. The molecule has 0 aromatic heterocycles. The molecule has 1 aromatic carbocycles. The Hall–Kier alpha value is -1.34. The largest absolute Gasteiger partial charge is 0.347 e. The summed E-state index contributed by atoms with van der Waals surface area (Å²) < 4.78 is 36.5. The van der Waals surface area contributed by atoms with Gasteiger partial charge < -0.3 is 0 Å². The maximum absolute atomic E-state index is 13.8. The van der Waals surface area contributed by atoms with Gasteiger partial charge in [0.1, 0.15) is 0 Å². The predicted octanol–water partition coefficient (Wildman–Crippen LogP) is 3.33. The Morgan fingerprint density at radius 3 is 2.26 bits per heavy atom. The Labute approximate surface area is 133 Å². The van der Waals surface area contributed by atoms with Gasteiger partial charge in [0.25, 0.3) is 0 Å². The van der Waals surface area contributed by atoms with Gasteiger partial charge in [-0.25, -0.2) is 9.34 Å². The van der Waals surface area contributed by atoms with Crippen LogP contribution in [0.4, 0.5) is 10.1 Å². The zero-order valence-corrected chi connectivity index (χ0v) is 14.1. The summed E-state index contributed by atoms with van der Waals surface area (Å²) in [7, 11) is -3.11. The lowest BCUT2D eigenvalue weighted by Crippen LogP contribution is -2.13. The van der Waals surface area contributed by atoms with Gasteiger partial charge >= 0.3 is 13.4 Å². The van der Waals surface area contributed by atoms with Crippen molar-refractivity contribution in [2.24, 2.45) is 0 Å². The molecule has 0 amide bonds. The van der Waals surface area contributed by atoms with E-state index < -0.39 is 30.2 Å². The highest BCUT2D eigenvalue weighted by Crippen LogP contribution is 2.66. The maximum Gasteiger partial charge on any atom is 0.347 e. The van der Waals surface area contributed by atoms with Gasteiger partial charge in [0, 0.05) is 31.2 Å². The third-order valence-electron chi connectivity index (χ3n) is 4.24. The quantitative estimate of drug-likeness (QED) is 0.341. The molecule has 0 N–H and O–H groups in total. The van der Waals surface area contributed by atoms with Gasteiger partial charge in [-0.1, -0.05) is 0 Å². The van der Waals surface area contributed by atoms with Crippen LogP contribution in [0.1, 0.15) is 32.4 Å². The number of nitro benzene ring substituents is 1. The fourth-order valence-corrected chi connectivity index (χ4v) is 5.56. The molecule has 23 heavy (non-hydrogen) atoms. The summed E-state index contributed by atoms with van der Waals surface area (Å²) in [5.74, 6) is -0.919. The average Bonchev–Trinajstić information content (AvgIpc) is 3.36. The lowest BCUT2D eigenvalue weighted by Gasteiger charge is -2.25. The topological polar surface area (TPSA) is 75.5 Å². The Bertz CT molecular complexity index is 681. The number of nitro groups is 1. The van der Waals surface area contributed by atoms with Gasteiger partial charge in [0.2, 0.25) is 5.82 Å². The molecule has 2 aliphatic rings. The lowest BCUT2D eigenvalue weighted by atomic mass is 10.1. The van der Waals surface area contributed by atoms with Crippen LogP contribution in [0.3, 0.4) is 0 Å². The van der Waals surface area contributed by atoms with Crippen molar-refractivity contribution in [3.63, 3.8) is 0 Å². The van der Waals surface area contributed by atoms with E-state index in [4.69, 9.17) is 4.52 Å². The zero-order valence-electron chi connectivity index (χ0n) is 13.2. The molecule has 2 fully saturated rings. The van der Waals surface area contributed by atoms with Crippen molar-refractivity contribution in [3.05, 3.63) is 39.7 Å². The number of nitrogens with zero attached hydrogens (tertiary/aromatic N) is 3. The molecule has 5 atom stereocenters. The molecule has 1 aromatic rings. The molecule has 0 radical (unpaired) electrons. The van der Waals surface area contributed by atoms with E-state index >= 15 is 0 Å². The van der Waals surface area contributed by atoms with Gasteiger partial charge in [-0.15, -0.1) is 0 Å². The van der Waals surface area contributed by atoms with Crippen molar-refractivity contribution >= 4 is 13.4 Å². The highest BCUT2D eigenvalue weighted by atomic mass is 31.2. The summed E-state index contributed by atoms with van der Waals surface area (Å²) >= 11 is 0. The van der Waals surface area contributed by atoms with Crippen molar-refractivity contribution in [2.75, 3.05) is 13.1 Å². The van der Waals surface area contributed by atoms with Crippen LogP contribution < -0.4 is 0 Å². The molecule has 2 heterocycles. The highest BCUT2D eigenvalue weighted by molar-refractivity contribution is 7.54. The minimum atomic E-state index is -3.11. The first-order valence-electron chi connectivity index (χ1n) is 7.50. The number of hydrogen-bond acceptors (Lipinski definition) is 4. The van der Waals surface area contributed by atoms with E-state index in [1.165, 1.54) is 6.07 Å². The van der Waals surface area contributed by atoms with Gasteiger partial charge in [0.15, 0.2) is 0 Å². The minimum Gasteiger partial charge on any atom is -0.298 e. The second-order valence-electron chi connectivity index (χ2n) is 6.15. The van der Waals surface area contributed by atoms with Crippen LogP contribution >= 0.6 is 7.67 Å². The van der Waals surface area contributed by atoms with Crippen LogP contribution in [0, 0.1) is 15.9 Å². The second-order valence-corrected chi connectivity index (χ2v) is 8.37. The van der Waals surface area contributed by atoms with E-state index in [1.807, 2.05) is 23.2 Å². The molecule has 9 heteroatoms. The number of benzene rings is 1. The van der Waals surface area contributed by atoms with Gasteiger partial charge in [-0.2, -0.15) is 4.39 Å². The third-order valence-corrected chi connectivity index (χ3v) is 7.24. The van der Waals surface area contributed by atoms with Crippen LogP contribution in [-0.4, -0.2) is 39.4 Å². The van der Waals surface area contributed by atoms with E-state index in [2.05, 4.69) is 0 Å². The SMILES string of the molecule is CC1CN1P(=O)(O[C@@H](C)c1ccc([N+](=O)[O-])c(F)c1)N1CC1C. The molecule has 0 spiro atoms. The fraction of sp³-hybridized carbons (Fsp3) is 0.571. The first-order chi connectivity index (χ1) is 10.7. The Morgan fingerprint density at radius 1 is 1.35 bits per heavy atom. The number of hydrogen-bond donors (Lipinski definition) is 0. The first kappa shape index (κ1) is 16.5. The monoisotopic (exact) mass is 343 g/mol. The molecule has 2 aliphatic heterocycles. The number of rotatable bonds is 6. The normalized spacial score (nSPS) is 32.9. The molecule has 0 bridgehead atoms. The Morgan fingerprint density at radius 2 is 1.87 bits per heavy atom. The van der Waals surface area contributed by atoms with Crippen molar-refractivity contribution in [1.82, 2.24) is 9.34 Å². The van der Waals surface area contributed by atoms with Crippen LogP contribution in [0.15, 0.2) is 18.2 Å². The predicted molar refractivity (Wildman–Crippen MR) is 82.5 cm³/mol. The molecule has 7 nitrogen and oxygen atoms in total. The maximum atomic E-state index is 13.8. The van der Waals surface area contributed by atoms with Gasteiger partial charge in [0.05, 0.1) is 11.0 Å². The Kier molecular flexibility index (Phi) is 4.04. The summed E-state index contributed by atoms with van der Waals surface area (Å²) in [6, 6.07) is 4.02.